The Balaban J connectivity index is 1.94. The number of sulfonamides is 1. The van der Waals surface area contributed by atoms with Crippen molar-refractivity contribution in [1.82, 2.24) is 9.62 Å². The fourth-order valence-electron chi connectivity index (χ4n) is 2.65. The predicted octanol–water partition coefficient (Wildman–Crippen LogP) is 2.42. The number of amides is 1. The van der Waals surface area contributed by atoms with Gasteiger partial charge in [0.05, 0.1) is 11.3 Å². The minimum absolute atomic E-state index is 0.0278. The first-order valence-corrected chi connectivity index (χ1v) is 9.88. The van der Waals surface area contributed by atoms with Crippen LogP contribution in [0.2, 0.25) is 0 Å². The van der Waals surface area contributed by atoms with E-state index >= 15 is 0 Å². The summed E-state index contributed by atoms with van der Waals surface area (Å²) in [5.41, 5.74) is 0.639. The quantitative estimate of drug-likeness (QED) is 0.797. The van der Waals surface area contributed by atoms with E-state index in [0.29, 0.717) is 18.7 Å². The molecule has 1 aromatic carbocycles. The Morgan fingerprint density at radius 2 is 1.76 bits per heavy atom. The van der Waals surface area contributed by atoms with Crippen LogP contribution in [0.5, 0.6) is 0 Å². The highest BCUT2D eigenvalue weighted by molar-refractivity contribution is 7.89. The highest BCUT2D eigenvalue weighted by Gasteiger charge is 2.25. The molecular formula is C17H24F2N2O3S. The van der Waals surface area contributed by atoms with Gasteiger partial charge in [0, 0.05) is 25.6 Å². The third-order valence-electron chi connectivity index (χ3n) is 4.29. The maximum absolute atomic E-state index is 12.5. The fourth-order valence-corrected chi connectivity index (χ4v) is 4.16. The topological polar surface area (TPSA) is 66.5 Å². The summed E-state index contributed by atoms with van der Waals surface area (Å²) in [4.78, 5) is 12.0. The van der Waals surface area contributed by atoms with Gasteiger partial charge in [-0.2, -0.15) is 4.31 Å². The van der Waals surface area contributed by atoms with Crippen molar-refractivity contribution in [2.24, 2.45) is 5.92 Å². The van der Waals surface area contributed by atoms with E-state index in [0.717, 1.165) is 19.3 Å². The lowest BCUT2D eigenvalue weighted by atomic mass is 10.1. The van der Waals surface area contributed by atoms with E-state index in [4.69, 9.17) is 0 Å². The molecule has 1 fully saturated rings. The number of nitrogens with one attached hydrogen (secondary N) is 1. The number of halogens is 2. The summed E-state index contributed by atoms with van der Waals surface area (Å²) in [6.07, 6.45) is 0.340. The van der Waals surface area contributed by atoms with Gasteiger partial charge in [0.1, 0.15) is 0 Å². The summed E-state index contributed by atoms with van der Waals surface area (Å²) in [6.45, 7) is 2.35. The van der Waals surface area contributed by atoms with Crippen LogP contribution in [-0.2, 0) is 21.2 Å². The molecule has 1 atom stereocenters. The highest BCUT2D eigenvalue weighted by atomic mass is 32.2. The third-order valence-corrected chi connectivity index (χ3v) is 6.21. The van der Waals surface area contributed by atoms with Crippen LogP contribution in [0.15, 0.2) is 29.2 Å². The van der Waals surface area contributed by atoms with Gasteiger partial charge in [0.25, 0.3) is 0 Å². The molecule has 8 heteroatoms. The van der Waals surface area contributed by atoms with E-state index < -0.39 is 22.4 Å². The number of piperidine rings is 1. The molecule has 1 aliphatic rings. The molecule has 0 radical (unpaired) electrons. The molecule has 5 nitrogen and oxygen atoms in total. The Kier molecular flexibility index (Phi) is 6.89. The van der Waals surface area contributed by atoms with Crippen molar-refractivity contribution in [1.29, 1.82) is 0 Å². The van der Waals surface area contributed by atoms with Gasteiger partial charge in [0.15, 0.2) is 0 Å². The molecule has 1 N–H and O–H groups in total. The van der Waals surface area contributed by atoms with Gasteiger partial charge in [0.2, 0.25) is 22.4 Å². The number of nitrogens with zero attached hydrogens (tertiary/aromatic N) is 1. The molecular weight excluding hydrogens is 350 g/mol. The fraction of sp³-hybridized carbons (Fsp3) is 0.588. The molecule has 140 valence electrons. The number of hydrogen-bond acceptors (Lipinski definition) is 3. The number of carbonyl (C=O) groups excluding carboxylic acids is 1. The van der Waals surface area contributed by atoms with E-state index in [-0.39, 0.29) is 23.8 Å². The largest absolute Gasteiger partial charge is 0.355 e. The molecule has 25 heavy (non-hydrogen) atoms. The Labute approximate surface area is 147 Å². The van der Waals surface area contributed by atoms with Crippen molar-refractivity contribution in [3.8, 4) is 0 Å². The van der Waals surface area contributed by atoms with Crippen molar-refractivity contribution < 1.29 is 22.0 Å². The van der Waals surface area contributed by atoms with E-state index in [1.165, 1.54) is 23.4 Å². The molecule has 0 aliphatic carbocycles. The molecule has 1 heterocycles. The van der Waals surface area contributed by atoms with Crippen LogP contribution < -0.4 is 5.32 Å². The summed E-state index contributed by atoms with van der Waals surface area (Å²) < 4.78 is 51.4. The minimum Gasteiger partial charge on any atom is -0.355 e. The number of hydrogen-bond donors (Lipinski definition) is 1. The average molecular weight is 374 g/mol. The number of carbonyl (C=O) groups is 1. The van der Waals surface area contributed by atoms with Crippen molar-refractivity contribution in [3.05, 3.63) is 29.8 Å². The lowest BCUT2D eigenvalue weighted by Crippen LogP contribution is -2.35. The van der Waals surface area contributed by atoms with Crippen LogP contribution in [0.25, 0.3) is 0 Å². The average Bonchev–Trinajstić information content (AvgIpc) is 2.60. The van der Waals surface area contributed by atoms with Crippen molar-refractivity contribution >= 4 is 15.9 Å². The zero-order chi connectivity index (χ0) is 18.4. The van der Waals surface area contributed by atoms with Crippen LogP contribution in [-0.4, -0.2) is 44.7 Å². The molecule has 1 saturated heterocycles. The maximum Gasteiger partial charge on any atom is 0.243 e. The van der Waals surface area contributed by atoms with Gasteiger partial charge < -0.3 is 5.32 Å². The molecule has 2 rings (SSSR count). The molecule has 1 aromatic rings. The first-order valence-electron chi connectivity index (χ1n) is 8.44. The Bertz CT molecular complexity index is 672. The highest BCUT2D eigenvalue weighted by Crippen LogP contribution is 2.21. The monoisotopic (exact) mass is 374 g/mol. The first kappa shape index (κ1) is 19.8. The zero-order valence-electron chi connectivity index (χ0n) is 14.2. The van der Waals surface area contributed by atoms with Gasteiger partial charge >= 0.3 is 0 Å². The smallest absolute Gasteiger partial charge is 0.243 e. The molecule has 0 aromatic heterocycles. The first-order chi connectivity index (χ1) is 11.8. The summed E-state index contributed by atoms with van der Waals surface area (Å²) in [5.74, 6) is -1.26. The minimum atomic E-state index is -3.49. The summed E-state index contributed by atoms with van der Waals surface area (Å²) in [7, 11) is -3.49. The summed E-state index contributed by atoms with van der Waals surface area (Å²) >= 11 is 0. The van der Waals surface area contributed by atoms with Crippen LogP contribution in [0, 0.1) is 5.92 Å². The van der Waals surface area contributed by atoms with E-state index in [1.54, 1.807) is 12.1 Å². The SMILES string of the molecule is CC(CNC(=O)Cc1ccc(S(=O)(=O)N2CCCCC2)cc1)C(F)F. The molecule has 1 amide bonds. The number of alkyl halides is 2. The van der Waals surface area contributed by atoms with Gasteiger partial charge in [-0.15, -0.1) is 0 Å². The van der Waals surface area contributed by atoms with E-state index in [9.17, 15) is 22.0 Å². The lowest BCUT2D eigenvalue weighted by Gasteiger charge is -2.25. The van der Waals surface area contributed by atoms with Crippen LogP contribution in [0.4, 0.5) is 8.78 Å². The third kappa shape index (κ3) is 5.47. The lowest BCUT2D eigenvalue weighted by molar-refractivity contribution is -0.120. The standard InChI is InChI=1S/C17H24F2N2O3S/c1-13(17(18)19)12-20-16(22)11-14-5-7-15(8-6-14)25(23,24)21-9-3-2-4-10-21/h5-8,13,17H,2-4,9-12H2,1H3,(H,20,22). The Morgan fingerprint density at radius 1 is 1.16 bits per heavy atom. The van der Waals surface area contributed by atoms with Gasteiger partial charge in [-0.25, -0.2) is 17.2 Å². The summed E-state index contributed by atoms with van der Waals surface area (Å²) in [5, 5.41) is 2.46. The molecule has 1 aliphatic heterocycles. The van der Waals surface area contributed by atoms with Gasteiger partial charge in [-0.1, -0.05) is 25.5 Å². The zero-order valence-corrected chi connectivity index (χ0v) is 15.1. The van der Waals surface area contributed by atoms with Crippen molar-refractivity contribution in [2.45, 2.75) is 43.9 Å². The molecule has 1 unspecified atom stereocenters. The molecule has 0 saturated carbocycles. The Hall–Kier alpha value is -1.54. The van der Waals surface area contributed by atoms with E-state index in [1.807, 2.05) is 0 Å². The second kappa shape index (κ2) is 8.71. The number of benzene rings is 1. The van der Waals surface area contributed by atoms with Crippen LogP contribution in [0.1, 0.15) is 31.7 Å². The van der Waals surface area contributed by atoms with Crippen molar-refractivity contribution in [3.63, 3.8) is 0 Å². The second-order valence-electron chi connectivity index (χ2n) is 6.40. The van der Waals surface area contributed by atoms with Crippen molar-refractivity contribution in [2.75, 3.05) is 19.6 Å². The predicted molar refractivity (Wildman–Crippen MR) is 90.9 cm³/mol. The van der Waals surface area contributed by atoms with Gasteiger partial charge in [-0.05, 0) is 30.5 Å². The summed E-state index contributed by atoms with van der Waals surface area (Å²) in [6, 6.07) is 6.17. The van der Waals surface area contributed by atoms with Crippen LogP contribution >= 0.6 is 0 Å². The maximum atomic E-state index is 12.5. The van der Waals surface area contributed by atoms with E-state index in [2.05, 4.69) is 5.32 Å². The van der Waals surface area contributed by atoms with Gasteiger partial charge in [-0.3, -0.25) is 4.79 Å². The molecule has 0 bridgehead atoms. The molecule has 0 spiro atoms. The number of rotatable bonds is 7. The Morgan fingerprint density at radius 3 is 2.32 bits per heavy atom. The van der Waals surface area contributed by atoms with Crippen LogP contribution in [0.3, 0.4) is 0 Å². The normalized spacial score (nSPS) is 17.4. The second-order valence-corrected chi connectivity index (χ2v) is 8.34.